The Labute approximate surface area is 388 Å². The Hall–Kier alpha value is -8.72. The minimum absolute atomic E-state index is 0.473. The Bertz CT molecular complexity index is 4100. The second-order valence-electron chi connectivity index (χ2n) is 18.0. The molecule has 2 heteroatoms. The standard InChI is InChI=1S/C65H40N2/c1-4-16-41(17-5-1)59-36-31-42-28-29-43-32-37-60(67-64(43)63(42)66-59)51-34-33-50(55-38-44-18-10-11-19-45(44)39-56(51)55)54-40-46-30-35-58-62(61(46)52-25-13-12-24-49(52)54)53-26-14-15-27-57(53)65(58,47-20-6-2-7-21-47)48-22-8-3-9-23-48/h1-40H. The van der Waals surface area contributed by atoms with Crippen LogP contribution in [0.15, 0.2) is 243 Å². The Balaban J connectivity index is 1.02. The summed E-state index contributed by atoms with van der Waals surface area (Å²) < 4.78 is 0. The number of hydrogen-bond acceptors (Lipinski definition) is 2. The smallest absolute Gasteiger partial charge is 0.0972 e. The molecule has 2 heterocycles. The molecular weight excluding hydrogens is 809 g/mol. The minimum atomic E-state index is -0.473. The summed E-state index contributed by atoms with van der Waals surface area (Å²) in [7, 11) is 0. The molecule has 0 N–H and O–H groups in total. The predicted molar refractivity (Wildman–Crippen MR) is 281 cm³/mol. The van der Waals surface area contributed by atoms with Crippen LogP contribution >= 0.6 is 0 Å². The number of fused-ring (bicyclic) bond motifs is 12. The van der Waals surface area contributed by atoms with Gasteiger partial charge in [0.2, 0.25) is 0 Å². The molecule has 310 valence electrons. The lowest BCUT2D eigenvalue weighted by atomic mass is 9.67. The molecule has 0 bridgehead atoms. The van der Waals surface area contributed by atoms with Gasteiger partial charge in [-0.05, 0) is 118 Å². The zero-order chi connectivity index (χ0) is 44.1. The van der Waals surface area contributed by atoms with Gasteiger partial charge in [0.05, 0.1) is 27.8 Å². The van der Waals surface area contributed by atoms with Crippen LogP contribution in [0.25, 0.3) is 110 Å². The fourth-order valence-electron chi connectivity index (χ4n) is 11.5. The van der Waals surface area contributed by atoms with Crippen LogP contribution in [0.2, 0.25) is 0 Å². The van der Waals surface area contributed by atoms with Crippen LogP contribution in [-0.4, -0.2) is 9.97 Å². The Morgan fingerprint density at radius 3 is 1.51 bits per heavy atom. The van der Waals surface area contributed by atoms with Crippen molar-refractivity contribution in [2.24, 2.45) is 0 Å². The second-order valence-corrected chi connectivity index (χ2v) is 18.0. The average Bonchev–Trinajstić information content (AvgIpc) is 3.71. The number of aromatic nitrogens is 2. The van der Waals surface area contributed by atoms with E-state index in [4.69, 9.17) is 9.97 Å². The summed E-state index contributed by atoms with van der Waals surface area (Å²) in [4.78, 5) is 10.7. The maximum atomic E-state index is 5.48. The van der Waals surface area contributed by atoms with Crippen LogP contribution < -0.4 is 0 Å². The Morgan fingerprint density at radius 2 is 0.806 bits per heavy atom. The Morgan fingerprint density at radius 1 is 0.284 bits per heavy atom. The molecule has 0 saturated heterocycles. The predicted octanol–water partition coefficient (Wildman–Crippen LogP) is 16.8. The van der Waals surface area contributed by atoms with Gasteiger partial charge < -0.3 is 0 Å². The van der Waals surface area contributed by atoms with E-state index in [0.29, 0.717) is 0 Å². The number of nitrogens with zero attached hydrogens (tertiary/aromatic N) is 2. The highest BCUT2D eigenvalue weighted by Crippen LogP contribution is 2.59. The summed E-state index contributed by atoms with van der Waals surface area (Å²) in [5, 5.41) is 11.9. The van der Waals surface area contributed by atoms with Crippen LogP contribution in [0, 0.1) is 0 Å². The molecular formula is C65H40N2. The third kappa shape index (κ3) is 5.57. The third-order valence-electron chi connectivity index (χ3n) is 14.5. The van der Waals surface area contributed by atoms with Crippen molar-refractivity contribution in [2.45, 2.75) is 5.41 Å². The van der Waals surface area contributed by atoms with Gasteiger partial charge in [0.25, 0.3) is 0 Å². The lowest BCUT2D eigenvalue weighted by Gasteiger charge is -2.34. The van der Waals surface area contributed by atoms with Crippen molar-refractivity contribution in [3.63, 3.8) is 0 Å². The molecule has 13 aromatic rings. The van der Waals surface area contributed by atoms with Gasteiger partial charge in [-0.25, -0.2) is 9.97 Å². The normalized spacial score (nSPS) is 12.9. The molecule has 0 unspecified atom stereocenters. The molecule has 0 saturated carbocycles. The highest BCUT2D eigenvalue weighted by molar-refractivity contribution is 6.23. The highest BCUT2D eigenvalue weighted by atomic mass is 14.8. The highest BCUT2D eigenvalue weighted by Gasteiger charge is 2.46. The van der Waals surface area contributed by atoms with E-state index >= 15 is 0 Å². The summed E-state index contributed by atoms with van der Waals surface area (Å²) in [6.07, 6.45) is 0. The first-order valence-corrected chi connectivity index (χ1v) is 23.1. The van der Waals surface area contributed by atoms with Crippen molar-refractivity contribution in [3.8, 4) is 44.8 Å². The van der Waals surface area contributed by atoms with Crippen LogP contribution in [0.3, 0.4) is 0 Å². The fourth-order valence-corrected chi connectivity index (χ4v) is 11.5. The molecule has 14 rings (SSSR count). The van der Waals surface area contributed by atoms with Gasteiger partial charge in [-0.1, -0.05) is 212 Å². The zero-order valence-electron chi connectivity index (χ0n) is 36.5. The molecule has 1 aliphatic rings. The largest absolute Gasteiger partial charge is 0.245 e. The van der Waals surface area contributed by atoms with Gasteiger partial charge in [0.1, 0.15) is 0 Å². The molecule has 2 nitrogen and oxygen atoms in total. The van der Waals surface area contributed by atoms with E-state index in [-0.39, 0.29) is 0 Å². The van der Waals surface area contributed by atoms with Gasteiger partial charge in [-0.15, -0.1) is 0 Å². The SMILES string of the molecule is c1ccc(-c2ccc3ccc4ccc(-c5ccc(-c6cc7ccc8c(c7c7ccccc67)-c6ccccc6C8(c6ccccc6)c6ccccc6)c6cc7ccccc7cc56)nc4c3n2)cc1. The molecule has 2 aromatic heterocycles. The monoisotopic (exact) mass is 848 g/mol. The minimum Gasteiger partial charge on any atom is -0.245 e. The van der Waals surface area contributed by atoms with Gasteiger partial charge in [0.15, 0.2) is 0 Å². The van der Waals surface area contributed by atoms with Crippen LogP contribution in [0.5, 0.6) is 0 Å². The lowest BCUT2D eigenvalue weighted by molar-refractivity contribution is 0.769. The van der Waals surface area contributed by atoms with Crippen molar-refractivity contribution >= 4 is 64.9 Å². The van der Waals surface area contributed by atoms with Gasteiger partial charge in [0, 0.05) is 21.9 Å². The van der Waals surface area contributed by atoms with E-state index in [9.17, 15) is 0 Å². The number of pyridine rings is 2. The molecule has 0 atom stereocenters. The first-order chi connectivity index (χ1) is 33.2. The summed E-state index contributed by atoms with van der Waals surface area (Å²) >= 11 is 0. The van der Waals surface area contributed by atoms with Crippen LogP contribution in [-0.2, 0) is 5.41 Å². The van der Waals surface area contributed by atoms with Crippen molar-refractivity contribution < 1.29 is 0 Å². The van der Waals surface area contributed by atoms with E-state index in [1.54, 1.807) is 0 Å². The van der Waals surface area contributed by atoms with E-state index in [1.807, 2.05) is 6.07 Å². The second kappa shape index (κ2) is 14.7. The molecule has 11 aromatic carbocycles. The maximum absolute atomic E-state index is 5.48. The molecule has 0 aliphatic heterocycles. The number of rotatable bonds is 5. The molecule has 0 radical (unpaired) electrons. The molecule has 1 aliphatic carbocycles. The average molecular weight is 849 g/mol. The van der Waals surface area contributed by atoms with Crippen molar-refractivity contribution in [2.75, 3.05) is 0 Å². The van der Waals surface area contributed by atoms with Crippen molar-refractivity contribution in [1.29, 1.82) is 0 Å². The number of benzene rings is 11. The van der Waals surface area contributed by atoms with Gasteiger partial charge in [-0.2, -0.15) is 0 Å². The summed E-state index contributed by atoms with van der Waals surface area (Å²) in [5.74, 6) is 0. The quantitative estimate of drug-likeness (QED) is 0.127. The van der Waals surface area contributed by atoms with Crippen LogP contribution in [0.4, 0.5) is 0 Å². The van der Waals surface area contributed by atoms with Crippen molar-refractivity contribution in [3.05, 3.63) is 265 Å². The fraction of sp³-hybridized carbons (Fsp3) is 0.0154. The summed E-state index contributed by atoms with van der Waals surface area (Å²) in [6.45, 7) is 0. The van der Waals surface area contributed by atoms with Gasteiger partial charge in [-0.3, -0.25) is 0 Å². The van der Waals surface area contributed by atoms with E-state index in [0.717, 1.165) is 44.3 Å². The van der Waals surface area contributed by atoms with E-state index in [1.165, 1.54) is 87.6 Å². The van der Waals surface area contributed by atoms with Crippen LogP contribution in [0.1, 0.15) is 22.3 Å². The molecule has 0 spiro atoms. The third-order valence-corrected chi connectivity index (χ3v) is 14.5. The molecule has 0 amide bonds. The zero-order valence-corrected chi connectivity index (χ0v) is 36.5. The molecule has 0 fully saturated rings. The first-order valence-electron chi connectivity index (χ1n) is 23.1. The molecule has 67 heavy (non-hydrogen) atoms. The maximum Gasteiger partial charge on any atom is 0.0972 e. The first kappa shape index (κ1) is 37.6. The van der Waals surface area contributed by atoms with E-state index < -0.39 is 5.41 Å². The summed E-state index contributed by atoms with van der Waals surface area (Å²) in [6, 6.07) is 89.0. The number of hydrogen-bond donors (Lipinski definition) is 0. The topological polar surface area (TPSA) is 25.8 Å². The van der Waals surface area contributed by atoms with Gasteiger partial charge >= 0.3 is 0 Å². The summed E-state index contributed by atoms with van der Waals surface area (Å²) in [5.41, 5.74) is 15.6. The van der Waals surface area contributed by atoms with Crippen molar-refractivity contribution in [1.82, 2.24) is 9.97 Å². The Kier molecular flexibility index (Phi) is 8.23. The lowest BCUT2D eigenvalue weighted by Crippen LogP contribution is -2.28. The van der Waals surface area contributed by atoms with E-state index in [2.05, 4.69) is 237 Å².